The molecule has 2 aromatic rings. The zero-order valence-corrected chi connectivity index (χ0v) is 16.4. The Hall–Kier alpha value is -1.84. The number of hydrogen-bond acceptors (Lipinski definition) is 0. The molecule has 0 spiro atoms. The van der Waals surface area contributed by atoms with Crippen molar-refractivity contribution in [3.8, 4) is 11.1 Å². The second-order valence-electron chi connectivity index (χ2n) is 8.00. The van der Waals surface area contributed by atoms with Crippen LogP contribution in [0.5, 0.6) is 0 Å². The molecule has 0 radical (unpaired) electrons. The molecule has 0 bridgehead atoms. The van der Waals surface area contributed by atoms with Crippen LogP contribution in [0.3, 0.4) is 0 Å². The molecule has 0 aromatic heterocycles. The van der Waals surface area contributed by atoms with Gasteiger partial charge in [-0.25, -0.2) is 4.39 Å². The Morgan fingerprint density at radius 3 is 2.18 bits per heavy atom. The van der Waals surface area contributed by atoms with Crippen molar-refractivity contribution in [1.82, 2.24) is 0 Å². The zero-order chi connectivity index (χ0) is 20.1. The molecular formula is C24H28F4. The van der Waals surface area contributed by atoms with Gasteiger partial charge in [0.05, 0.1) is 5.56 Å². The van der Waals surface area contributed by atoms with Crippen LogP contribution in [0, 0.1) is 11.7 Å². The third kappa shape index (κ3) is 4.95. The normalized spacial score (nSPS) is 20.3. The SMILES string of the molecule is CCCCCC1CCC(c2ccc(-c3cccc(C(F)(F)F)c3F)cc2)CC1. The van der Waals surface area contributed by atoms with E-state index >= 15 is 0 Å². The largest absolute Gasteiger partial charge is 0.419 e. The summed E-state index contributed by atoms with van der Waals surface area (Å²) in [5.41, 5.74) is 0.486. The highest BCUT2D eigenvalue weighted by molar-refractivity contribution is 5.65. The van der Waals surface area contributed by atoms with E-state index in [1.54, 1.807) is 12.1 Å². The third-order valence-corrected chi connectivity index (χ3v) is 6.06. The average Bonchev–Trinajstić information content (AvgIpc) is 2.68. The molecule has 0 saturated heterocycles. The van der Waals surface area contributed by atoms with Crippen LogP contribution < -0.4 is 0 Å². The Morgan fingerprint density at radius 1 is 0.893 bits per heavy atom. The first-order chi connectivity index (χ1) is 13.4. The lowest BCUT2D eigenvalue weighted by atomic mass is 9.77. The van der Waals surface area contributed by atoms with E-state index in [0.29, 0.717) is 11.5 Å². The van der Waals surface area contributed by atoms with Gasteiger partial charge in [-0.3, -0.25) is 0 Å². The van der Waals surface area contributed by atoms with Crippen molar-refractivity contribution in [2.24, 2.45) is 5.92 Å². The lowest BCUT2D eigenvalue weighted by Crippen LogP contribution is -2.13. The van der Waals surface area contributed by atoms with Crippen molar-refractivity contribution in [3.63, 3.8) is 0 Å². The minimum absolute atomic E-state index is 0.000933. The van der Waals surface area contributed by atoms with Crippen molar-refractivity contribution >= 4 is 0 Å². The van der Waals surface area contributed by atoms with Crippen molar-refractivity contribution in [2.45, 2.75) is 70.4 Å². The molecule has 1 aliphatic rings. The Kier molecular flexibility index (Phi) is 6.79. The first-order valence-electron chi connectivity index (χ1n) is 10.4. The lowest BCUT2D eigenvalue weighted by molar-refractivity contribution is -0.139. The third-order valence-electron chi connectivity index (χ3n) is 6.06. The number of unbranched alkanes of at least 4 members (excludes halogenated alkanes) is 2. The van der Waals surface area contributed by atoms with Crippen LogP contribution >= 0.6 is 0 Å². The molecular weight excluding hydrogens is 364 g/mol. The molecule has 0 heterocycles. The van der Waals surface area contributed by atoms with Crippen LogP contribution in [0.1, 0.15) is 75.3 Å². The minimum Gasteiger partial charge on any atom is -0.206 e. The molecule has 0 amide bonds. The highest BCUT2D eigenvalue weighted by Gasteiger charge is 2.35. The summed E-state index contributed by atoms with van der Waals surface area (Å²) in [6.45, 7) is 2.23. The molecule has 0 nitrogen and oxygen atoms in total. The highest BCUT2D eigenvalue weighted by Crippen LogP contribution is 2.39. The first kappa shape index (κ1) is 20.9. The second-order valence-corrected chi connectivity index (χ2v) is 8.00. The molecule has 1 aliphatic carbocycles. The van der Waals surface area contributed by atoms with E-state index in [-0.39, 0.29) is 5.56 Å². The van der Waals surface area contributed by atoms with Gasteiger partial charge in [0.25, 0.3) is 0 Å². The lowest BCUT2D eigenvalue weighted by Gasteiger charge is -2.29. The Labute approximate surface area is 165 Å². The summed E-state index contributed by atoms with van der Waals surface area (Å²) in [4.78, 5) is 0. The summed E-state index contributed by atoms with van der Waals surface area (Å²) < 4.78 is 53.2. The Bertz CT molecular complexity index is 753. The fraction of sp³-hybridized carbons (Fsp3) is 0.500. The standard InChI is InChI=1S/C24H28F4/c1-2-3-4-6-17-9-11-18(12-10-17)19-13-15-20(16-14-19)21-7-5-8-22(23(21)25)24(26,27)28/h5,7-8,13-18H,2-4,6,9-12H2,1H3. The predicted octanol–water partition coefficient (Wildman–Crippen LogP) is 8.37. The van der Waals surface area contributed by atoms with E-state index < -0.39 is 17.6 Å². The van der Waals surface area contributed by atoms with E-state index in [0.717, 1.165) is 24.8 Å². The summed E-state index contributed by atoms with van der Waals surface area (Å²) in [5, 5.41) is 0. The maximum absolute atomic E-state index is 14.4. The van der Waals surface area contributed by atoms with Crippen LogP contribution in [0.15, 0.2) is 42.5 Å². The van der Waals surface area contributed by atoms with Crippen molar-refractivity contribution in [1.29, 1.82) is 0 Å². The second kappa shape index (κ2) is 9.11. The van der Waals surface area contributed by atoms with E-state index in [1.807, 2.05) is 12.1 Å². The Morgan fingerprint density at radius 2 is 1.57 bits per heavy atom. The van der Waals surface area contributed by atoms with Gasteiger partial charge in [0.15, 0.2) is 0 Å². The molecule has 4 heteroatoms. The molecule has 0 aliphatic heterocycles. The first-order valence-corrected chi connectivity index (χ1v) is 10.4. The van der Waals surface area contributed by atoms with Gasteiger partial charge in [-0.05, 0) is 54.7 Å². The summed E-state index contributed by atoms with van der Waals surface area (Å²) in [5.74, 6) is 0.138. The van der Waals surface area contributed by atoms with E-state index in [1.165, 1.54) is 56.2 Å². The van der Waals surface area contributed by atoms with Crippen molar-refractivity contribution in [2.75, 3.05) is 0 Å². The summed E-state index contributed by atoms with van der Waals surface area (Å²) >= 11 is 0. The van der Waals surface area contributed by atoms with Gasteiger partial charge in [0.1, 0.15) is 5.82 Å². The molecule has 1 fully saturated rings. The monoisotopic (exact) mass is 392 g/mol. The highest BCUT2D eigenvalue weighted by atomic mass is 19.4. The molecule has 1 saturated carbocycles. The molecule has 0 N–H and O–H groups in total. The van der Waals surface area contributed by atoms with Gasteiger partial charge < -0.3 is 0 Å². The van der Waals surface area contributed by atoms with Crippen LogP contribution in [-0.2, 0) is 6.18 Å². The van der Waals surface area contributed by atoms with Gasteiger partial charge in [0, 0.05) is 5.56 Å². The van der Waals surface area contributed by atoms with Crippen molar-refractivity contribution < 1.29 is 17.6 Å². The van der Waals surface area contributed by atoms with Gasteiger partial charge in [-0.1, -0.05) is 69.0 Å². The minimum atomic E-state index is -4.68. The quantitative estimate of drug-likeness (QED) is 0.342. The van der Waals surface area contributed by atoms with Crippen LogP contribution in [-0.4, -0.2) is 0 Å². The number of benzene rings is 2. The van der Waals surface area contributed by atoms with Crippen LogP contribution in [0.25, 0.3) is 11.1 Å². The fourth-order valence-electron chi connectivity index (χ4n) is 4.38. The van der Waals surface area contributed by atoms with Gasteiger partial charge >= 0.3 is 6.18 Å². The molecule has 0 atom stereocenters. The predicted molar refractivity (Wildman–Crippen MR) is 106 cm³/mol. The van der Waals surface area contributed by atoms with Gasteiger partial charge in [-0.2, -0.15) is 13.2 Å². The van der Waals surface area contributed by atoms with E-state index in [2.05, 4.69) is 6.92 Å². The smallest absolute Gasteiger partial charge is 0.206 e. The topological polar surface area (TPSA) is 0 Å². The van der Waals surface area contributed by atoms with E-state index in [9.17, 15) is 17.6 Å². The maximum Gasteiger partial charge on any atom is 0.419 e. The summed E-state index contributed by atoms with van der Waals surface area (Å²) in [7, 11) is 0. The molecule has 0 unspecified atom stereocenters. The van der Waals surface area contributed by atoms with E-state index in [4.69, 9.17) is 0 Å². The van der Waals surface area contributed by atoms with Crippen molar-refractivity contribution in [3.05, 3.63) is 59.4 Å². The Balaban J connectivity index is 1.67. The molecule has 3 rings (SSSR count). The molecule has 152 valence electrons. The zero-order valence-electron chi connectivity index (χ0n) is 16.4. The van der Waals surface area contributed by atoms with Gasteiger partial charge in [-0.15, -0.1) is 0 Å². The average molecular weight is 392 g/mol. The number of hydrogen-bond donors (Lipinski definition) is 0. The number of alkyl halides is 3. The fourth-order valence-corrected chi connectivity index (χ4v) is 4.38. The maximum atomic E-state index is 14.4. The molecule has 28 heavy (non-hydrogen) atoms. The summed E-state index contributed by atoms with van der Waals surface area (Å²) in [6.07, 6.45) is 5.35. The van der Waals surface area contributed by atoms with Crippen LogP contribution in [0.2, 0.25) is 0 Å². The number of rotatable bonds is 6. The molecule has 2 aromatic carbocycles. The number of halogens is 4. The van der Waals surface area contributed by atoms with Crippen LogP contribution in [0.4, 0.5) is 17.6 Å². The van der Waals surface area contributed by atoms with Gasteiger partial charge in [0.2, 0.25) is 0 Å². The summed E-state index contributed by atoms with van der Waals surface area (Å²) in [6, 6.07) is 10.9.